The van der Waals surface area contributed by atoms with Crippen LogP contribution in [0.1, 0.15) is 55.9 Å². The third-order valence-electron chi connectivity index (χ3n) is 5.81. The summed E-state index contributed by atoms with van der Waals surface area (Å²) in [6, 6.07) is 13.6. The Morgan fingerprint density at radius 1 is 0.636 bits per heavy atom. The maximum absolute atomic E-state index is 13.5. The van der Waals surface area contributed by atoms with Crippen LogP contribution in [-0.4, -0.2) is 6.18 Å². The van der Waals surface area contributed by atoms with Crippen LogP contribution in [0.2, 0.25) is 0 Å². The molecule has 0 N–H and O–H groups in total. The molecule has 0 fully saturated rings. The number of aromatic nitrogens is 1. The van der Waals surface area contributed by atoms with E-state index < -0.39 is 12.7 Å². The third kappa shape index (κ3) is 6.22. The summed E-state index contributed by atoms with van der Waals surface area (Å²) in [7, 11) is 0. The van der Waals surface area contributed by atoms with E-state index in [1.165, 1.54) is 15.7 Å². The molecule has 0 bridgehead atoms. The normalized spacial score (nSPS) is 12.3. The Morgan fingerprint density at radius 3 is 1.33 bits per heavy atom. The van der Waals surface area contributed by atoms with Crippen LogP contribution in [0.3, 0.4) is 0 Å². The molecule has 3 rings (SSSR count). The highest BCUT2D eigenvalue weighted by Crippen LogP contribution is 2.22. The smallest absolute Gasteiger partial charge is 0.183 e. The molecule has 0 aliphatic carbocycles. The molecule has 1 heterocycles. The molecule has 1 aromatic heterocycles. The van der Waals surface area contributed by atoms with Crippen LogP contribution in [0, 0.1) is 41.5 Å². The molecular weight excluding hydrogens is 419 g/mol. The van der Waals surface area contributed by atoms with E-state index in [4.69, 9.17) is 0 Å². The zero-order valence-electron chi connectivity index (χ0n) is 20.1. The summed E-state index contributed by atoms with van der Waals surface area (Å²) in [4.78, 5) is 0. The van der Waals surface area contributed by atoms with Crippen LogP contribution < -0.4 is 4.57 Å². The summed E-state index contributed by atoms with van der Waals surface area (Å²) in [5.74, 6) is 0. The summed E-state index contributed by atoms with van der Waals surface area (Å²) in [5, 5.41) is 0. The van der Waals surface area contributed by atoms with Crippen molar-refractivity contribution in [3.05, 3.63) is 98.4 Å². The first kappa shape index (κ1) is 24.5. The predicted octanol–water partition coefficient (Wildman–Crippen LogP) is 7.73. The van der Waals surface area contributed by atoms with E-state index in [9.17, 15) is 13.2 Å². The quantitative estimate of drug-likeness (QED) is 0.350. The molecular formula is C29H31F3N+. The number of benzene rings is 2. The number of hydrogen-bond acceptors (Lipinski definition) is 0. The molecule has 0 amide bonds. The van der Waals surface area contributed by atoms with Crippen molar-refractivity contribution in [3.8, 4) is 0 Å². The summed E-state index contributed by atoms with van der Waals surface area (Å²) < 4.78 is 41.8. The molecule has 0 atom stereocenters. The van der Waals surface area contributed by atoms with Crippen molar-refractivity contribution in [2.75, 3.05) is 0 Å². The molecule has 0 aliphatic heterocycles. The van der Waals surface area contributed by atoms with E-state index in [1.807, 2.05) is 53.7 Å². The van der Waals surface area contributed by atoms with Gasteiger partial charge in [0.05, 0.1) is 0 Å². The summed E-state index contributed by atoms with van der Waals surface area (Å²) in [5.41, 5.74) is 9.83. The van der Waals surface area contributed by atoms with Gasteiger partial charge in [-0.1, -0.05) is 35.4 Å². The molecule has 2 aromatic carbocycles. The van der Waals surface area contributed by atoms with Gasteiger partial charge in [-0.25, -0.2) is 0 Å². The maximum atomic E-state index is 13.5. The fraction of sp³-hybridized carbons (Fsp3) is 0.276. The summed E-state index contributed by atoms with van der Waals surface area (Å²) >= 11 is 0. The Morgan fingerprint density at radius 2 is 1.00 bits per heavy atom. The van der Waals surface area contributed by atoms with Gasteiger partial charge in [0.15, 0.2) is 0 Å². The molecule has 33 heavy (non-hydrogen) atoms. The molecule has 0 radical (unpaired) electrons. The second kappa shape index (κ2) is 9.78. The van der Waals surface area contributed by atoms with Crippen LogP contribution in [0.25, 0.3) is 24.3 Å². The number of pyridine rings is 1. The number of rotatable bonds is 5. The number of nitrogens with zero attached hydrogens (tertiary/aromatic N) is 1. The van der Waals surface area contributed by atoms with Crippen LogP contribution in [0.5, 0.6) is 0 Å². The van der Waals surface area contributed by atoms with Crippen molar-refractivity contribution in [3.63, 3.8) is 0 Å². The molecule has 3 aromatic rings. The average Bonchev–Trinajstić information content (AvgIpc) is 2.67. The van der Waals surface area contributed by atoms with Crippen molar-refractivity contribution in [2.24, 2.45) is 0 Å². The van der Waals surface area contributed by atoms with E-state index in [2.05, 4.69) is 24.3 Å². The zero-order chi connectivity index (χ0) is 24.3. The Labute approximate surface area is 194 Å². The lowest BCUT2D eigenvalue weighted by molar-refractivity contribution is -0.722. The predicted molar refractivity (Wildman–Crippen MR) is 132 cm³/mol. The largest absolute Gasteiger partial charge is 0.448 e. The van der Waals surface area contributed by atoms with Gasteiger partial charge in [0.1, 0.15) is 0 Å². The van der Waals surface area contributed by atoms with Gasteiger partial charge in [-0.15, -0.1) is 0 Å². The number of hydrogen-bond donors (Lipinski definition) is 0. The highest BCUT2D eigenvalue weighted by molar-refractivity contribution is 5.73. The van der Waals surface area contributed by atoms with Crippen LogP contribution in [0.15, 0.2) is 42.5 Å². The van der Waals surface area contributed by atoms with E-state index in [0.717, 1.165) is 33.4 Å². The van der Waals surface area contributed by atoms with E-state index in [0.29, 0.717) is 11.4 Å². The van der Waals surface area contributed by atoms with Crippen molar-refractivity contribution >= 4 is 24.3 Å². The minimum absolute atomic E-state index is 0.506. The highest BCUT2D eigenvalue weighted by Gasteiger charge is 2.35. The van der Waals surface area contributed by atoms with Gasteiger partial charge in [-0.3, -0.25) is 0 Å². The van der Waals surface area contributed by atoms with Crippen molar-refractivity contribution in [1.82, 2.24) is 0 Å². The first-order valence-corrected chi connectivity index (χ1v) is 11.1. The highest BCUT2D eigenvalue weighted by atomic mass is 19.4. The van der Waals surface area contributed by atoms with Crippen LogP contribution in [0.4, 0.5) is 13.2 Å². The molecule has 0 saturated carbocycles. The number of alkyl halides is 3. The van der Waals surface area contributed by atoms with Crippen LogP contribution >= 0.6 is 0 Å². The van der Waals surface area contributed by atoms with E-state index in [-0.39, 0.29) is 0 Å². The van der Waals surface area contributed by atoms with Gasteiger partial charge in [-0.2, -0.15) is 17.7 Å². The van der Waals surface area contributed by atoms with Crippen LogP contribution in [-0.2, 0) is 6.54 Å². The van der Waals surface area contributed by atoms with Gasteiger partial charge in [0, 0.05) is 24.3 Å². The van der Waals surface area contributed by atoms with E-state index in [1.54, 1.807) is 30.4 Å². The molecule has 0 aliphatic rings. The standard InChI is InChI=1S/C29H31F3N/c1-19-14-21(3)27(22(4)15-19)12-10-25-8-7-9-26(33(25)18-29(30,31)32)11-13-28-23(5)16-20(2)17-24(28)6/h7-17H,18H2,1-6H3/q+1/b12-10+,13-11+. The lowest BCUT2D eigenvalue weighted by Crippen LogP contribution is -2.46. The number of aryl methyl sites for hydroxylation is 6. The van der Waals surface area contributed by atoms with Crippen molar-refractivity contribution in [1.29, 1.82) is 0 Å². The zero-order valence-corrected chi connectivity index (χ0v) is 20.1. The fourth-order valence-corrected chi connectivity index (χ4v) is 4.47. The van der Waals surface area contributed by atoms with Gasteiger partial charge in [0.25, 0.3) is 0 Å². The summed E-state index contributed by atoms with van der Waals surface area (Å²) in [6.45, 7) is 11.1. The Bertz CT molecular complexity index is 1100. The summed E-state index contributed by atoms with van der Waals surface area (Å²) in [6.07, 6.45) is 3.04. The molecule has 0 saturated heterocycles. The molecule has 172 valence electrons. The minimum Gasteiger partial charge on any atom is -0.183 e. The minimum atomic E-state index is -4.33. The molecule has 1 nitrogen and oxygen atoms in total. The monoisotopic (exact) mass is 450 g/mol. The van der Waals surface area contributed by atoms with Gasteiger partial charge >= 0.3 is 6.18 Å². The second-order valence-corrected chi connectivity index (χ2v) is 8.87. The average molecular weight is 451 g/mol. The Kier molecular flexibility index (Phi) is 7.26. The lowest BCUT2D eigenvalue weighted by Gasteiger charge is -2.10. The van der Waals surface area contributed by atoms with Crippen molar-refractivity contribution in [2.45, 2.75) is 54.3 Å². The topological polar surface area (TPSA) is 3.88 Å². The van der Waals surface area contributed by atoms with Gasteiger partial charge < -0.3 is 0 Å². The molecule has 0 unspecified atom stereocenters. The first-order valence-electron chi connectivity index (χ1n) is 11.1. The Hall–Kier alpha value is -3.14. The fourth-order valence-electron chi connectivity index (χ4n) is 4.47. The SMILES string of the molecule is Cc1cc(C)c(/C=C/c2cccc(/C=C/c3c(C)cc(C)cc3C)[n+]2CC(F)(F)F)c(C)c1. The third-order valence-corrected chi connectivity index (χ3v) is 5.81. The lowest BCUT2D eigenvalue weighted by atomic mass is 9.99. The molecule has 4 heteroatoms. The molecule has 0 spiro atoms. The first-order chi connectivity index (χ1) is 15.4. The van der Waals surface area contributed by atoms with Crippen molar-refractivity contribution < 1.29 is 17.7 Å². The van der Waals surface area contributed by atoms with E-state index >= 15 is 0 Å². The maximum Gasteiger partial charge on any atom is 0.448 e. The number of halogens is 3. The second-order valence-electron chi connectivity index (χ2n) is 8.87. The van der Waals surface area contributed by atoms with Gasteiger partial charge in [-0.05, 0) is 93.1 Å². The Balaban J connectivity index is 2.07. The van der Waals surface area contributed by atoms with Gasteiger partial charge in [0.2, 0.25) is 17.9 Å².